The van der Waals surface area contributed by atoms with Crippen molar-refractivity contribution in [2.75, 3.05) is 14.2 Å². The number of benzene rings is 2. The maximum atomic E-state index is 8.79. The van der Waals surface area contributed by atoms with Crippen LogP contribution in [-0.2, 0) is 0 Å². The lowest BCUT2D eigenvalue weighted by atomic mass is 10.0. The molecule has 0 spiro atoms. The van der Waals surface area contributed by atoms with Gasteiger partial charge < -0.3 is 9.47 Å². The number of nitriles is 1. The SMILES string of the molecule is COc1ccc(OC)c(-c2ccc(C#N)cc2)c1. The average Bonchev–Trinajstić information content (AvgIpc) is 2.46. The van der Waals surface area contributed by atoms with Crippen molar-refractivity contribution in [3.8, 4) is 28.7 Å². The highest BCUT2D eigenvalue weighted by Gasteiger charge is 2.07. The van der Waals surface area contributed by atoms with Gasteiger partial charge in [-0.2, -0.15) is 5.26 Å². The Morgan fingerprint density at radius 1 is 0.944 bits per heavy atom. The maximum Gasteiger partial charge on any atom is 0.126 e. The number of rotatable bonds is 3. The molecule has 18 heavy (non-hydrogen) atoms. The molecule has 0 saturated heterocycles. The summed E-state index contributed by atoms with van der Waals surface area (Å²) in [6, 6.07) is 15.1. The molecule has 0 aliphatic heterocycles. The van der Waals surface area contributed by atoms with Crippen LogP contribution in [0.3, 0.4) is 0 Å². The number of hydrogen-bond donors (Lipinski definition) is 0. The fourth-order valence-corrected chi connectivity index (χ4v) is 1.76. The number of hydrogen-bond acceptors (Lipinski definition) is 3. The molecule has 0 amide bonds. The van der Waals surface area contributed by atoms with Gasteiger partial charge in [-0.1, -0.05) is 12.1 Å². The zero-order chi connectivity index (χ0) is 13.0. The molecule has 0 saturated carbocycles. The third-order valence-corrected chi connectivity index (χ3v) is 2.73. The van der Waals surface area contributed by atoms with Gasteiger partial charge in [0.25, 0.3) is 0 Å². The summed E-state index contributed by atoms with van der Waals surface area (Å²) in [6.07, 6.45) is 0. The highest BCUT2D eigenvalue weighted by Crippen LogP contribution is 2.33. The van der Waals surface area contributed by atoms with Crippen LogP contribution in [0.15, 0.2) is 42.5 Å². The van der Waals surface area contributed by atoms with E-state index in [1.54, 1.807) is 26.4 Å². The van der Waals surface area contributed by atoms with Crippen LogP contribution in [0.25, 0.3) is 11.1 Å². The van der Waals surface area contributed by atoms with Crippen LogP contribution in [0.5, 0.6) is 11.5 Å². The topological polar surface area (TPSA) is 42.2 Å². The minimum Gasteiger partial charge on any atom is -0.497 e. The van der Waals surface area contributed by atoms with E-state index in [4.69, 9.17) is 14.7 Å². The predicted molar refractivity (Wildman–Crippen MR) is 69.7 cm³/mol. The Morgan fingerprint density at radius 2 is 1.67 bits per heavy atom. The van der Waals surface area contributed by atoms with E-state index >= 15 is 0 Å². The van der Waals surface area contributed by atoms with Crippen molar-refractivity contribution >= 4 is 0 Å². The van der Waals surface area contributed by atoms with Crippen LogP contribution >= 0.6 is 0 Å². The Morgan fingerprint density at radius 3 is 2.22 bits per heavy atom. The van der Waals surface area contributed by atoms with E-state index < -0.39 is 0 Å². The molecule has 0 aromatic heterocycles. The molecule has 0 atom stereocenters. The van der Waals surface area contributed by atoms with E-state index in [0.29, 0.717) is 5.56 Å². The molecular formula is C15H13NO2. The third kappa shape index (κ3) is 2.28. The van der Waals surface area contributed by atoms with Crippen LogP contribution in [0.4, 0.5) is 0 Å². The molecule has 0 bridgehead atoms. The van der Waals surface area contributed by atoms with Gasteiger partial charge in [-0.05, 0) is 35.9 Å². The van der Waals surface area contributed by atoms with Crippen LogP contribution < -0.4 is 9.47 Å². The number of ether oxygens (including phenoxy) is 2. The normalized spacial score (nSPS) is 9.61. The Hall–Kier alpha value is -2.47. The first-order valence-electron chi connectivity index (χ1n) is 5.51. The molecular weight excluding hydrogens is 226 g/mol. The summed E-state index contributed by atoms with van der Waals surface area (Å²) in [5, 5.41) is 8.79. The minimum atomic E-state index is 0.639. The minimum absolute atomic E-state index is 0.639. The van der Waals surface area contributed by atoms with E-state index in [0.717, 1.165) is 22.6 Å². The first kappa shape index (κ1) is 12.0. The van der Waals surface area contributed by atoms with Crippen LogP contribution in [0.2, 0.25) is 0 Å². The fraction of sp³-hybridized carbons (Fsp3) is 0.133. The monoisotopic (exact) mass is 239 g/mol. The third-order valence-electron chi connectivity index (χ3n) is 2.73. The molecule has 0 N–H and O–H groups in total. The molecule has 3 heteroatoms. The van der Waals surface area contributed by atoms with Crippen molar-refractivity contribution in [1.82, 2.24) is 0 Å². The second kappa shape index (κ2) is 5.24. The summed E-state index contributed by atoms with van der Waals surface area (Å²) >= 11 is 0. The highest BCUT2D eigenvalue weighted by atomic mass is 16.5. The molecule has 0 fully saturated rings. The van der Waals surface area contributed by atoms with Gasteiger partial charge in [-0.25, -0.2) is 0 Å². The fourth-order valence-electron chi connectivity index (χ4n) is 1.76. The zero-order valence-corrected chi connectivity index (χ0v) is 10.3. The summed E-state index contributed by atoms with van der Waals surface area (Å²) in [5.74, 6) is 1.55. The summed E-state index contributed by atoms with van der Waals surface area (Å²) in [6.45, 7) is 0. The Labute approximate surface area is 106 Å². The highest BCUT2D eigenvalue weighted by molar-refractivity contribution is 5.72. The average molecular weight is 239 g/mol. The van der Waals surface area contributed by atoms with Gasteiger partial charge in [0.15, 0.2) is 0 Å². The second-order valence-electron chi connectivity index (χ2n) is 3.76. The summed E-state index contributed by atoms with van der Waals surface area (Å²) in [5.41, 5.74) is 2.58. The van der Waals surface area contributed by atoms with Crippen LogP contribution in [-0.4, -0.2) is 14.2 Å². The standard InChI is InChI=1S/C15H13NO2/c1-17-13-7-8-15(18-2)14(9-13)12-5-3-11(10-16)4-6-12/h3-9H,1-2H3. The first-order valence-corrected chi connectivity index (χ1v) is 5.51. The van der Waals surface area contributed by atoms with Gasteiger partial charge >= 0.3 is 0 Å². The first-order chi connectivity index (χ1) is 8.78. The lowest BCUT2D eigenvalue weighted by molar-refractivity contribution is 0.404. The predicted octanol–water partition coefficient (Wildman–Crippen LogP) is 3.24. The van der Waals surface area contributed by atoms with Crippen LogP contribution in [0.1, 0.15) is 5.56 Å². The Kier molecular flexibility index (Phi) is 3.49. The van der Waals surface area contributed by atoms with E-state index in [-0.39, 0.29) is 0 Å². The molecule has 0 radical (unpaired) electrons. The Balaban J connectivity index is 2.50. The van der Waals surface area contributed by atoms with E-state index in [1.807, 2.05) is 30.3 Å². The molecule has 0 aliphatic carbocycles. The molecule has 90 valence electrons. The second-order valence-corrected chi connectivity index (χ2v) is 3.76. The van der Waals surface area contributed by atoms with Crippen LogP contribution in [0, 0.1) is 11.3 Å². The van der Waals surface area contributed by atoms with Gasteiger partial charge in [0.1, 0.15) is 11.5 Å². The zero-order valence-electron chi connectivity index (χ0n) is 10.3. The van der Waals surface area contributed by atoms with Crippen molar-refractivity contribution in [1.29, 1.82) is 5.26 Å². The molecule has 3 nitrogen and oxygen atoms in total. The van der Waals surface area contributed by atoms with Crippen molar-refractivity contribution in [3.63, 3.8) is 0 Å². The molecule has 0 unspecified atom stereocenters. The van der Waals surface area contributed by atoms with Gasteiger partial charge in [0.05, 0.1) is 25.9 Å². The Bertz CT molecular complexity index is 582. The lowest BCUT2D eigenvalue weighted by Crippen LogP contribution is -1.90. The summed E-state index contributed by atoms with van der Waals surface area (Å²) in [7, 11) is 3.26. The number of nitrogens with zero attached hydrogens (tertiary/aromatic N) is 1. The van der Waals surface area contributed by atoms with E-state index in [1.165, 1.54) is 0 Å². The van der Waals surface area contributed by atoms with Crippen molar-refractivity contribution in [2.45, 2.75) is 0 Å². The summed E-state index contributed by atoms with van der Waals surface area (Å²) < 4.78 is 10.5. The largest absolute Gasteiger partial charge is 0.497 e. The van der Waals surface area contributed by atoms with Gasteiger partial charge in [0.2, 0.25) is 0 Å². The summed E-state index contributed by atoms with van der Waals surface area (Å²) in [4.78, 5) is 0. The molecule has 2 rings (SSSR count). The maximum absolute atomic E-state index is 8.79. The van der Waals surface area contributed by atoms with E-state index in [2.05, 4.69) is 6.07 Å². The lowest BCUT2D eigenvalue weighted by Gasteiger charge is -2.10. The smallest absolute Gasteiger partial charge is 0.126 e. The van der Waals surface area contributed by atoms with E-state index in [9.17, 15) is 0 Å². The van der Waals surface area contributed by atoms with Crippen molar-refractivity contribution < 1.29 is 9.47 Å². The van der Waals surface area contributed by atoms with Crippen molar-refractivity contribution in [2.24, 2.45) is 0 Å². The van der Waals surface area contributed by atoms with Gasteiger partial charge in [-0.3, -0.25) is 0 Å². The molecule has 0 heterocycles. The van der Waals surface area contributed by atoms with Crippen molar-refractivity contribution in [3.05, 3.63) is 48.0 Å². The molecule has 2 aromatic rings. The quantitative estimate of drug-likeness (QED) is 0.825. The van der Waals surface area contributed by atoms with Gasteiger partial charge in [0, 0.05) is 5.56 Å². The number of methoxy groups -OCH3 is 2. The molecule has 0 aliphatic rings. The van der Waals surface area contributed by atoms with Gasteiger partial charge in [-0.15, -0.1) is 0 Å². The molecule has 2 aromatic carbocycles.